The van der Waals surface area contributed by atoms with Gasteiger partial charge in [0.15, 0.2) is 0 Å². The SMILES string of the molecule is Nc1ccc(C2=CCCCC2)cc1NC(=O)C1CCCCC1. The zero-order chi connectivity index (χ0) is 15.4. The van der Waals surface area contributed by atoms with Gasteiger partial charge in [0.2, 0.25) is 5.91 Å². The Morgan fingerprint density at radius 2 is 1.91 bits per heavy atom. The summed E-state index contributed by atoms with van der Waals surface area (Å²) in [5.74, 6) is 0.298. The molecule has 1 amide bonds. The van der Waals surface area contributed by atoms with Crippen LogP contribution >= 0.6 is 0 Å². The van der Waals surface area contributed by atoms with Crippen LogP contribution in [0, 0.1) is 5.92 Å². The largest absolute Gasteiger partial charge is 0.397 e. The lowest BCUT2D eigenvalue weighted by Gasteiger charge is -2.21. The summed E-state index contributed by atoms with van der Waals surface area (Å²) >= 11 is 0. The number of nitrogens with one attached hydrogen (secondary N) is 1. The van der Waals surface area contributed by atoms with Crippen molar-refractivity contribution in [3.05, 3.63) is 29.8 Å². The second-order valence-electron chi connectivity index (χ2n) is 6.60. The summed E-state index contributed by atoms with van der Waals surface area (Å²) in [6.45, 7) is 0. The first-order chi connectivity index (χ1) is 10.7. The molecule has 0 bridgehead atoms. The molecule has 3 N–H and O–H groups in total. The number of hydrogen-bond donors (Lipinski definition) is 2. The van der Waals surface area contributed by atoms with Crippen molar-refractivity contribution in [3.8, 4) is 0 Å². The van der Waals surface area contributed by atoms with E-state index in [9.17, 15) is 4.79 Å². The van der Waals surface area contributed by atoms with Crippen molar-refractivity contribution in [2.24, 2.45) is 5.92 Å². The minimum atomic E-state index is 0.140. The summed E-state index contributed by atoms with van der Waals surface area (Å²) in [4.78, 5) is 12.4. The predicted octanol–water partition coefficient (Wildman–Crippen LogP) is 4.75. The molecule has 0 spiro atoms. The van der Waals surface area contributed by atoms with Crippen LogP contribution in [0.15, 0.2) is 24.3 Å². The quantitative estimate of drug-likeness (QED) is 0.791. The van der Waals surface area contributed by atoms with Gasteiger partial charge in [-0.1, -0.05) is 31.4 Å². The molecule has 118 valence electrons. The number of anilines is 2. The van der Waals surface area contributed by atoms with Crippen molar-refractivity contribution in [2.75, 3.05) is 11.1 Å². The fraction of sp³-hybridized carbons (Fsp3) is 0.526. The maximum absolute atomic E-state index is 12.4. The fourth-order valence-electron chi connectivity index (χ4n) is 3.56. The van der Waals surface area contributed by atoms with Crippen LogP contribution in [0.1, 0.15) is 63.4 Å². The first-order valence-corrected chi connectivity index (χ1v) is 8.64. The number of carbonyl (C=O) groups excluding carboxylic acids is 1. The molecule has 22 heavy (non-hydrogen) atoms. The molecule has 3 heteroatoms. The highest BCUT2D eigenvalue weighted by Gasteiger charge is 2.21. The van der Waals surface area contributed by atoms with Crippen LogP contribution in [-0.2, 0) is 4.79 Å². The summed E-state index contributed by atoms with van der Waals surface area (Å²) in [5.41, 5.74) is 10.1. The highest BCUT2D eigenvalue weighted by molar-refractivity contribution is 5.96. The molecule has 0 unspecified atom stereocenters. The Bertz CT molecular complexity index is 571. The van der Waals surface area contributed by atoms with Crippen molar-refractivity contribution in [2.45, 2.75) is 57.8 Å². The van der Waals surface area contributed by atoms with Gasteiger partial charge in [-0.3, -0.25) is 4.79 Å². The van der Waals surface area contributed by atoms with Crippen LogP contribution in [0.5, 0.6) is 0 Å². The number of nitrogen functional groups attached to an aromatic ring is 1. The van der Waals surface area contributed by atoms with Gasteiger partial charge >= 0.3 is 0 Å². The molecule has 1 aromatic carbocycles. The van der Waals surface area contributed by atoms with Gasteiger partial charge in [-0.2, -0.15) is 0 Å². The normalized spacial score (nSPS) is 19.5. The number of carbonyl (C=O) groups is 1. The number of benzene rings is 1. The molecule has 0 radical (unpaired) electrons. The first kappa shape index (κ1) is 15.1. The summed E-state index contributed by atoms with van der Waals surface area (Å²) in [6.07, 6.45) is 12.7. The minimum Gasteiger partial charge on any atom is -0.397 e. The summed E-state index contributed by atoms with van der Waals surface area (Å²) in [7, 11) is 0. The maximum Gasteiger partial charge on any atom is 0.227 e. The van der Waals surface area contributed by atoms with Gasteiger partial charge in [0.05, 0.1) is 11.4 Å². The molecule has 0 atom stereocenters. The van der Waals surface area contributed by atoms with Gasteiger partial charge in [-0.15, -0.1) is 0 Å². The molecule has 0 aromatic heterocycles. The van der Waals surface area contributed by atoms with Gasteiger partial charge < -0.3 is 11.1 Å². The van der Waals surface area contributed by atoms with Crippen molar-refractivity contribution < 1.29 is 4.79 Å². The van der Waals surface area contributed by atoms with Crippen LogP contribution in [0.2, 0.25) is 0 Å². The van der Waals surface area contributed by atoms with Crippen LogP contribution in [-0.4, -0.2) is 5.91 Å². The zero-order valence-electron chi connectivity index (χ0n) is 13.2. The molecular weight excluding hydrogens is 272 g/mol. The van der Waals surface area contributed by atoms with Gasteiger partial charge in [0.25, 0.3) is 0 Å². The van der Waals surface area contributed by atoms with Crippen LogP contribution in [0.4, 0.5) is 11.4 Å². The molecule has 0 saturated heterocycles. The van der Waals surface area contributed by atoms with Gasteiger partial charge in [0.1, 0.15) is 0 Å². The van der Waals surface area contributed by atoms with E-state index in [2.05, 4.69) is 17.5 Å². The Kier molecular flexibility index (Phi) is 4.81. The second-order valence-corrected chi connectivity index (χ2v) is 6.60. The first-order valence-electron chi connectivity index (χ1n) is 8.64. The molecule has 1 fully saturated rings. The lowest BCUT2D eigenvalue weighted by atomic mass is 9.88. The number of nitrogens with two attached hydrogens (primary N) is 1. The number of rotatable bonds is 3. The summed E-state index contributed by atoms with van der Waals surface area (Å²) in [5, 5.41) is 3.07. The lowest BCUT2D eigenvalue weighted by Crippen LogP contribution is -2.25. The number of amides is 1. The molecule has 0 aliphatic heterocycles. The molecule has 2 aliphatic carbocycles. The van der Waals surface area contributed by atoms with E-state index in [-0.39, 0.29) is 11.8 Å². The van der Waals surface area contributed by atoms with E-state index in [1.807, 2.05) is 12.1 Å². The van der Waals surface area contributed by atoms with Gasteiger partial charge in [-0.05, 0) is 61.8 Å². The average Bonchev–Trinajstić information content (AvgIpc) is 2.58. The maximum atomic E-state index is 12.4. The third-order valence-corrected chi connectivity index (χ3v) is 4.95. The number of allylic oxidation sites excluding steroid dienone is 2. The van der Waals surface area contributed by atoms with E-state index in [4.69, 9.17) is 5.73 Å². The molecule has 3 nitrogen and oxygen atoms in total. The van der Waals surface area contributed by atoms with Crippen LogP contribution < -0.4 is 11.1 Å². The van der Waals surface area contributed by atoms with E-state index in [1.165, 1.54) is 43.2 Å². The smallest absolute Gasteiger partial charge is 0.227 e. The van der Waals surface area contributed by atoms with E-state index < -0.39 is 0 Å². The molecule has 2 aliphatic rings. The zero-order valence-corrected chi connectivity index (χ0v) is 13.2. The Morgan fingerprint density at radius 3 is 2.64 bits per heavy atom. The Morgan fingerprint density at radius 1 is 1.09 bits per heavy atom. The highest BCUT2D eigenvalue weighted by atomic mass is 16.1. The monoisotopic (exact) mass is 298 g/mol. The minimum absolute atomic E-state index is 0.140. The Balaban J connectivity index is 1.74. The third-order valence-electron chi connectivity index (χ3n) is 4.95. The summed E-state index contributed by atoms with van der Waals surface area (Å²) in [6, 6.07) is 6.04. The topological polar surface area (TPSA) is 55.1 Å². The fourth-order valence-corrected chi connectivity index (χ4v) is 3.56. The average molecular weight is 298 g/mol. The second kappa shape index (κ2) is 6.99. The van der Waals surface area contributed by atoms with Crippen molar-refractivity contribution in [1.29, 1.82) is 0 Å². The third kappa shape index (κ3) is 3.52. The van der Waals surface area contributed by atoms with Gasteiger partial charge in [0, 0.05) is 5.92 Å². The summed E-state index contributed by atoms with van der Waals surface area (Å²) < 4.78 is 0. The predicted molar refractivity (Wildman–Crippen MR) is 92.5 cm³/mol. The Hall–Kier alpha value is -1.77. The van der Waals surface area contributed by atoms with Gasteiger partial charge in [-0.25, -0.2) is 0 Å². The van der Waals surface area contributed by atoms with Crippen molar-refractivity contribution in [3.63, 3.8) is 0 Å². The molecule has 1 saturated carbocycles. The van der Waals surface area contributed by atoms with Crippen LogP contribution in [0.25, 0.3) is 5.57 Å². The standard InChI is InChI=1S/C19H26N2O/c20-17-12-11-16(14-7-3-1-4-8-14)13-18(17)21-19(22)15-9-5-2-6-10-15/h7,11-13,15H,1-6,8-10,20H2,(H,21,22). The van der Waals surface area contributed by atoms with E-state index in [0.29, 0.717) is 5.69 Å². The number of hydrogen-bond acceptors (Lipinski definition) is 2. The molecule has 0 heterocycles. The molecule has 1 aromatic rings. The molecule has 3 rings (SSSR count). The van der Waals surface area contributed by atoms with E-state index in [1.54, 1.807) is 0 Å². The van der Waals surface area contributed by atoms with E-state index in [0.717, 1.165) is 31.4 Å². The molecular formula is C19H26N2O. The highest BCUT2D eigenvalue weighted by Crippen LogP contribution is 2.31. The van der Waals surface area contributed by atoms with E-state index >= 15 is 0 Å². The Labute approximate surface area is 133 Å². The van der Waals surface area contributed by atoms with Crippen molar-refractivity contribution >= 4 is 22.9 Å². The van der Waals surface area contributed by atoms with Crippen LogP contribution in [0.3, 0.4) is 0 Å². The van der Waals surface area contributed by atoms with Crippen molar-refractivity contribution in [1.82, 2.24) is 0 Å². The lowest BCUT2D eigenvalue weighted by molar-refractivity contribution is -0.120.